The summed E-state index contributed by atoms with van der Waals surface area (Å²) in [4.78, 5) is 0. The Bertz CT molecular complexity index is 107. The molecule has 0 aromatic rings. The maximum absolute atomic E-state index is 4.05. The van der Waals surface area contributed by atoms with Gasteiger partial charge in [-0.25, -0.2) is 0 Å². The summed E-state index contributed by atoms with van der Waals surface area (Å²) in [6.45, 7) is 0.972. The molecule has 1 aliphatic carbocycles. The molecule has 1 radical (unpaired) electrons. The second kappa shape index (κ2) is 11.2. The van der Waals surface area contributed by atoms with Gasteiger partial charge in [0.05, 0.1) is 0 Å². The largest absolute Gasteiger partial charge is 3.00 e. The van der Waals surface area contributed by atoms with Crippen LogP contribution in [-0.4, -0.2) is 13.6 Å². The van der Waals surface area contributed by atoms with Gasteiger partial charge in [0.2, 0.25) is 0 Å². The molecule has 0 bridgehead atoms. The first-order valence-corrected chi connectivity index (χ1v) is 3.17. The van der Waals surface area contributed by atoms with E-state index in [1.165, 1.54) is 24.8 Å². The molecule has 0 amide bonds. The van der Waals surface area contributed by atoms with Gasteiger partial charge in [-0.15, -0.1) is 6.54 Å². The van der Waals surface area contributed by atoms with Gasteiger partial charge in [0.25, 0.3) is 0 Å². The second-order valence-electron chi connectivity index (χ2n) is 2.23. The van der Waals surface area contributed by atoms with Crippen LogP contribution in [0, 0.1) is 0 Å². The molecule has 0 unspecified atom stereocenters. The van der Waals surface area contributed by atoms with E-state index in [2.05, 4.69) is 11.4 Å². The standard InChI is InChI=1S/C7H12N.2ClH.Zr/c1-8-6-7-4-2-3-5-7;;;/h4H,2-3,5-6H2,1H3;2*1H;/q-1;;;+3/p-2. The smallest absolute Gasteiger partial charge is 1.00 e. The zero-order valence-electron chi connectivity index (χ0n) is 6.61. The molecule has 11 heavy (non-hydrogen) atoms. The molecule has 1 rings (SSSR count). The second-order valence-corrected chi connectivity index (χ2v) is 2.23. The summed E-state index contributed by atoms with van der Waals surface area (Å²) in [6.07, 6.45) is 6.24. The van der Waals surface area contributed by atoms with Gasteiger partial charge in [-0.2, -0.15) is 7.05 Å². The summed E-state index contributed by atoms with van der Waals surface area (Å²) in [6, 6.07) is 0. The molecule has 0 spiro atoms. The SMILES string of the molecule is C[N-]CC1=CCCC1.[Cl-].[Cl-].[Zr+3]. The van der Waals surface area contributed by atoms with Crippen LogP contribution in [0.2, 0.25) is 0 Å². The summed E-state index contributed by atoms with van der Waals surface area (Å²) >= 11 is 0. The van der Waals surface area contributed by atoms with Crippen molar-refractivity contribution in [1.29, 1.82) is 0 Å². The molecule has 0 fully saturated rings. The maximum atomic E-state index is 4.05. The fraction of sp³-hybridized carbons (Fsp3) is 0.714. The van der Waals surface area contributed by atoms with Gasteiger partial charge in [0.15, 0.2) is 0 Å². The van der Waals surface area contributed by atoms with Crippen LogP contribution in [0.1, 0.15) is 19.3 Å². The van der Waals surface area contributed by atoms with Crippen molar-refractivity contribution in [2.24, 2.45) is 0 Å². The Balaban J connectivity index is -0.000000213. The molecule has 1 nitrogen and oxygen atoms in total. The minimum atomic E-state index is 0. The van der Waals surface area contributed by atoms with E-state index >= 15 is 0 Å². The van der Waals surface area contributed by atoms with Crippen LogP contribution in [-0.2, 0) is 26.2 Å². The topological polar surface area (TPSA) is 14.1 Å². The third-order valence-electron chi connectivity index (χ3n) is 1.50. The van der Waals surface area contributed by atoms with Crippen molar-refractivity contribution in [2.75, 3.05) is 13.6 Å². The van der Waals surface area contributed by atoms with Crippen molar-refractivity contribution in [3.8, 4) is 0 Å². The average Bonchev–Trinajstić information content (AvgIpc) is 2.19. The number of hydrogen-bond acceptors (Lipinski definition) is 0. The van der Waals surface area contributed by atoms with E-state index in [0.717, 1.165) is 6.54 Å². The molecule has 0 saturated heterocycles. The summed E-state index contributed by atoms with van der Waals surface area (Å²) in [5.74, 6) is 0. The minimum Gasteiger partial charge on any atom is -1.00 e. The van der Waals surface area contributed by atoms with Crippen molar-refractivity contribution in [2.45, 2.75) is 19.3 Å². The number of likely N-dealkylation sites (N-methyl/N-ethyl adjacent to an activating group) is 1. The van der Waals surface area contributed by atoms with Gasteiger partial charge in [-0.05, 0) is 19.3 Å². The molecule has 0 heterocycles. The van der Waals surface area contributed by atoms with Crippen LogP contribution < -0.4 is 24.8 Å². The molecule has 4 heteroatoms. The first-order valence-electron chi connectivity index (χ1n) is 3.17. The number of rotatable bonds is 2. The van der Waals surface area contributed by atoms with Crippen LogP contribution in [0.3, 0.4) is 0 Å². The number of hydrogen-bond donors (Lipinski definition) is 0. The van der Waals surface area contributed by atoms with E-state index in [4.69, 9.17) is 0 Å². The Labute approximate surface area is 100 Å². The zero-order chi connectivity index (χ0) is 5.82. The van der Waals surface area contributed by atoms with Crippen molar-refractivity contribution in [3.63, 3.8) is 0 Å². The first-order chi connectivity index (χ1) is 3.93. The van der Waals surface area contributed by atoms with Gasteiger partial charge in [0, 0.05) is 0 Å². The Kier molecular flexibility index (Phi) is 18.3. The van der Waals surface area contributed by atoms with Crippen LogP contribution >= 0.6 is 0 Å². The number of halogens is 2. The third kappa shape index (κ3) is 7.52. The van der Waals surface area contributed by atoms with E-state index in [9.17, 15) is 0 Å². The molecule has 0 aromatic heterocycles. The molecular formula is C7H12Cl2NZr. The van der Waals surface area contributed by atoms with Crippen molar-refractivity contribution >= 4 is 0 Å². The van der Waals surface area contributed by atoms with E-state index in [-0.39, 0.29) is 51.0 Å². The molecular weight excluding hydrogens is 260 g/mol. The average molecular weight is 272 g/mol. The van der Waals surface area contributed by atoms with Crippen molar-refractivity contribution in [3.05, 3.63) is 17.0 Å². The molecule has 0 aromatic carbocycles. The number of nitrogens with zero attached hydrogens (tertiary/aromatic N) is 1. The molecule has 0 saturated carbocycles. The number of allylic oxidation sites excluding steroid dienone is 1. The van der Waals surface area contributed by atoms with E-state index < -0.39 is 0 Å². The summed E-state index contributed by atoms with van der Waals surface area (Å²) in [7, 11) is 1.87. The molecule has 0 N–H and O–H groups in total. The first kappa shape index (κ1) is 18.1. The predicted octanol–water partition coefficient (Wildman–Crippen LogP) is -3.89. The summed E-state index contributed by atoms with van der Waals surface area (Å²) in [5.41, 5.74) is 1.53. The van der Waals surface area contributed by atoms with Gasteiger partial charge < -0.3 is 30.1 Å². The van der Waals surface area contributed by atoms with E-state index in [0.29, 0.717) is 0 Å². The maximum Gasteiger partial charge on any atom is 3.00 e. The Hall–Kier alpha value is 1.16. The normalized spacial score (nSPS) is 13.7. The fourth-order valence-corrected chi connectivity index (χ4v) is 1.08. The monoisotopic (exact) mass is 270 g/mol. The molecule has 0 aliphatic heterocycles. The summed E-state index contributed by atoms with van der Waals surface area (Å²) < 4.78 is 0. The van der Waals surface area contributed by atoms with Crippen LogP contribution in [0.15, 0.2) is 11.6 Å². The van der Waals surface area contributed by atoms with Crippen molar-refractivity contribution < 1.29 is 51.0 Å². The van der Waals surface area contributed by atoms with E-state index in [1.54, 1.807) is 0 Å². The zero-order valence-corrected chi connectivity index (χ0v) is 10.6. The van der Waals surface area contributed by atoms with Crippen LogP contribution in [0.25, 0.3) is 5.32 Å². The van der Waals surface area contributed by atoms with Gasteiger partial charge in [-0.3, -0.25) is 0 Å². The molecule has 1 aliphatic rings. The van der Waals surface area contributed by atoms with Crippen molar-refractivity contribution in [1.82, 2.24) is 0 Å². The van der Waals surface area contributed by atoms with Crippen LogP contribution in [0.5, 0.6) is 0 Å². The van der Waals surface area contributed by atoms with Crippen LogP contribution in [0.4, 0.5) is 0 Å². The fourth-order valence-electron chi connectivity index (χ4n) is 1.08. The van der Waals surface area contributed by atoms with E-state index in [1.807, 2.05) is 7.05 Å². The predicted molar refractivity (Wildman–Crippen MR) is 36.1 cm³/mol. The van der Waals surface area contributed by atoms with Gasteiger partial charge >= 0.3 is 26.2 Å². The quantitative estimate of drug-likeness (QED) is 0.457. The molecule has 0 atom stereocenters. The Morgan fingerprint density at radius 2 is 2.09 bits per heavy atom. The Morgan fingerprint density at radius 1 is 1.45 bits per heavy atom. The summed E-state index contributed by atoms with van der Waals surface area (Å²) in [5, 5.41) is 4.05. The van der Waals surface area contributed by atoms with Gasteiger partial charge in [-0.1, -0.05) is 11.6 Å². The third-order valence-corrected chi connectivity index (χ3v) is 1.50. The Morgan fingerprint density at radius 3 is 2.45 bits per heavy atom. The van der Waals surface area contributed by atoms with Gasteiger partial charge in [0.1, 0.15) is 0 Å². The minimum absolute atomic E-state index is 0. The molecule has 63 valence electrons.